The van der Waals surface area contributed by atoms with Gasteiger partial charge >= 0.3 is 0 Å². The van der Waals surface area contributed by atoms with E-state index in [1.165, 1.54) is 16.8 Å². The van der Waals surface area contributed by atoms with Crippen LogP contribution in [0.25, 0.3) is 0 Å². The number of rotatable bonds is 3. The van der Waals surface area contributed by atoms with Crippen LogP contribution in [0.5, 0.6) is 0 Å². The van der Waals surface area contributed by atoms with Crippen LogP contribution in [0.15, 0.2) is 59.9 Å². The molecule has 1 amide bonds. The van der Waals surface area contributed by atoms with Crippen molar-refractivity contribution in [3.05, 3.63) is 86.7 Å². The quantitative estimate of drug-likeness (QED) is 0.525. The number of aryl methyl sites for hydroxylation is 1. The number of benzene rings is 2. The molecule has 3 aromatic rings. The van der Waals surface area contributed by atoms with Crippen molar-refractivity contribution in [2.45, 2.75) is 26.8 Å². The van der Waals surface area contributed by atoms with Gasteiger partial charge < -0.3 is 15.1 Å². The van der Waals surface area contributed by atoms with E-state index in [9.17, 15) is 4.79 Å². The maximum atomic E-state index is 13.9. The normalized spacial score (nSPS) is 18.1. The van der Waals surface area contributed by atoms with Crippen molar-refractivity contribution in [1.82, 2.24) is 14.7 Å². The lowest BCUT2D eigenvalue weighted by atomic mass is 9.94. The molecule has 3 heterocycles. The third kappa shape index (κ3) is 3.95. The summed E-state index contributed by atoms with van der Waals surface area (Å²) in [6, 6.07) is 13.4. The van der Waals surface area contributed by atoms with Gasteiger partial charge in [0.05, 0.1) is 21.8 Å². The third-order valence-corrected chi connectivity index (χ3v) is 7.62. The molecule has 5 rings (SSSR count). The van der Waals surface area contributed by atoms with Gasteiger partial charge in [0.25, 0.3) is 5.91 Å². The van der Waals surface area contributed by atoms with Crippen molar-refractivity contribution in [2.75, 3.05) is 36.4 Å². The van der Waals surface area contributed by atoms with E-state index < -0.39 is 0 Å². The van der Waals surface area contributed by atoms with E-state index in [1.807, 2.05) is 34.7 Å². The third-order valence-electron chi connectivity index (χ3n) is 6.88. The van der Waals surface area contributed by atoms with Gasteiger partial charge in [0.1, 0.15) is 11.9 Å². The highest BCUT2D eigenvalue weighted by Crippen LogP contribution is 2.38. The highest BCUT2D eigenvalue weighted by molar-refractivity contribution is 6.42. The number of aromatic nitrogens is 2. The molecule has 0 radical (unpaired) electrons. The summed E-state index contributed by atoms with van der Waals surface area (Å²) >= 11 is 12.5. The number of fused-ring (bicyclic) bond motifs is 1. The van der Waals surface area contributed by atoms with Gasteiger partial charge in [0, 0.05) is 43.6 Å². The van der Waals surface area contributed by atoms with Gasteiger partial charge in [-0.25, -0.2) is 4.68 Å². The van der Waals surface area contributed by atoms with Crippen molar-refractivity contribution in [1.29, 1.82) is 0 Å². The molecule has 1 saturated heterocycles. The van der Waals surface area contributed by atoms with Crippen LogP contribution in [0, 0.1) is 13.8 Å². The molecule has 34 heavy (non-hydrogen) atoms. The highest BCUT2D eigenvalue weighted by Gasteiger charge is 2.36. The van der Waals surface area contributed by atoms with E-state index in [0.717, 1.165) is 30.2 Å². The molecule has 0 bridgehead atoms. The lowest BCUT2D eigenvalue weighted by Gasteiger charge is -2.39. The molecular formula is C26H27Cl2N5O. The van der Waals surface area contributed by atoms with Gasteiger partial charge in [-0.2, -0.15) is 5.10 Å². The summed E-state index contributed by atoms with van der Waals surface area (Å²) in [6.45, 7) is 9.14. The van der Waals surface area contributed by atoms with E-state index >= 15 is 0 Å². The first-order chi connectivity index (χ1) is 16.3. The van der Waals surface area contributed by atoms with Crippen LogP contribution < -0.4 is 10.2 Å². The molecule has 1 atom stereocenters. The average Bonchev–Trinajstić information content (AvgIpc) is 3.29. The minimum Gasteiger partial charge on any atom is -0.368 e. The number of amides is 1. The van der Waals surface area contributed by atoms with Crippen molar-refractivity contribution in [3.63, 3.8) is 0 Å². The number of nitrogens with zero attached hydrogens (tertiary/aromatic N) is 4. The Morgan fingerprint density at radius 2 is 1.76 bits per heavy atom. The topological polar surface area (TPSA) is 53.4 Å². The maximum Gasteiger partial charge on any atom is 0.254 e. The number of piperazine rings is 1. The Morgan fingerprint density at radius 1 is 1.00 bits per heavy atom. The standard InChI is InChI=1S/C26H27Cl2N5O/c1-16-5-4-6-22(17(16)2)31-11-13-32(14-12-31)26(34)24-18(3)30-23-9-10-29-33(23)25(24)19-7-8-20(27)21(28)15-19/h4-10,15,25,30H,11-14H2,1-3H3. The SMILES string of the molecule is CC1=C(C(=O)N2CCN(c3cccc(C)c3C)CC2)C(c2ccc(Cl)c(Cl)c2)n2nccc2N1. The van der Waals surface area contributed by atoms with Gasteiger partial charge in [-0.3, -0.25) is 4.79 Å². The van der Waals surface area contributed by atoms with Gasteiger partial charge in [0.2, 0.25) is 0 Å². The number of hydrogen-bond acceptors (Lipinski definition) is 4. The summed E-state index contributed by atoms with van der Waals surface area (Å²) in [7, 11) is 0. The Bertz CT molecular complexity index is 1290. The fourth-order valence-electron chi connectivity index (χ4n) is 4.87. The van der Waals surface area contributed by atoms with Crippen molar-refractivity contribution < 1.29 is 4.79 Å². The lowest BCUT2D eigenvalue weighted by molar-refractivity contribution is -0.127. The maximum absolute atomic E-state index is 13.9. The van der Waals surface area contributed by atoms with E-state index in [4.69, 9.17) is 23.2 Å². The van der Waals surface area contributed by atoms with Crippen molar-refractivity contribution >= 4 is 40.6 Å². The molecule has 2 aliphatic heterocycles. The molecule has 6 nitrogen and oxygen atoms in total. The van der Waals surface area contributed by atoms with Crippen LogP contribution in [-0.2, 0) is 4.79 Å². The number of halogens is 2. The summed E-state index contributed by atoms with van der Waals surface area (Å²) in [4.78, 5) is 18.2. The van der Waals surface area contributed by atoms with Gasteiger partial charge in [0.15, 0.2) is 0 Å². The second-order valence-corrected chi connectivity index (χ2v) is 9.71. The molecule has 0 aliphatic carbocycles. The first-order valence-electron chi connectivity index (χ1n) is 11.4. The number of hydrogen-bond donors (Lipinski definition) is 1. The van der Waals surface area contributed by atoms with Crippen molar-refractivity contribution in [3.8, 4) is 0 Å². The molecule has 0 saturated carbocycles. The average molecular weight is 496 g/mol. The molecule has 1 fully saturated rings. The molecule has 0 spiro atoms. The zero-order chi connectivity index (χ0) is 24.0. The van der Waals surface area contributed by atoms with E-state index in [2.05, 4.69) is 47.4 Å². The Morgan fingerprint density at radius 3 is 2.50 bits per heavy atom. The first-order valence-corrected chi connectivity index (χ1v) is 12.2. The van der Waals surface area contributed by atoms with Gasteiger partial charge in [-0.15, -0.1) is 0 Å². The van der Waals surface area contributed by atoms with Crippen LogP contribution in [-0.4, -0.2) is 46.8 Å². The molecule has 2 aromatic carbocycles. The molecule has 176 valence electrons. The van der Waals surface area contributed by atoms with Crippen LogP contribution in [0.3, 0.4) is 0 Å². The number of carbonyl (C=O) groups excluding carboxylic acids is 1. The number of anilines is 2. The predicted octanol–water partition coefficient (Wildman–Crippen LogP) is 5.44. The summed E-state index contributed by atoms with van der Waals surface area (Å²) in [5.41, 5.74) is 6.20. The van der Waals surface area contributed by atoms with E-state index in [0.29, 0.717) is 28.7 Å². The Hall–Kier alpha value is -2.96. The van der Waals surface area contributed by atoms with E-state index in [-0.39, 0.29) is 11.9 Å². The zero-order valence-corrected chi connectivity index (χ0v) is 21.0. The van der Waals surface area contributed by atoms with Crippen LogP contribution >= 0.6 is 23.2 Å². The molecule has 8 heteroatoms. The fraction of sp³-hybridized carbons (Fsp3) is 0.308. The smallest absolute Gasteiger partial charge is 0.254 e. The number of nitrogens with one attached hydrogen (secondary N) is 1. The molecular weight excluding hydrogens is 469 g/mol. The second kappa shape index (κ2) is 9.01. The molecule has 1 unspecified atom stereocenters. The molecule has 2 aliphatic rings. The summed E-state index contributed by atoms with van der Waals surface area (Å²) < 4.78 is 1.84. The van der Waals surface area contributed by atoms with Crippen LogP contribution in [0.2, 0.25) is 10.0 Å². The Balaban J connectivity index is 1.43. The monoisotopic (exact) mass is 495 g/mol. The predicted molar refractivity (Wildman–Crippen MR) is 138 cm³/mol. The molecule has 1 aromatic heterocycles. The summed E-state index contributed by atoms with van der Waals surface area (Å²) in [5, 5.41) is 8.80. The fourth-order valence-corrected chi connectivity index (χ4v) is 5.18. The van der Waals surface area contributed by atoms with E-state index in [1.54, 1.807) is 12.3 Å². The highest BCUT2D eigenvalue weighted by atomic mass is 35.5. The summed E-state index contributed by atoms with van der Waals surface area (Å²) in [6.07, 6.45) is 1.73. The largest absolute Gasteiger partial charge is 0.368 e. The van der Waals surface area contributed by atoms with Gasteiger partial charge in [-0.05, 0) is 55.7 Å². The lowest BCUT2D eigenvalue weighted by Crippen LogP contribution is -2.50. The summed E-state index contributed by atoms with van der Waals surface area (Å²) in [5.74, 6) is 0.854. The minimum absolute atomic E-state index is 0.0165. The number of allylic oxidation sites excluding steroid dienone is 1. The van der Waals surface area contributed by atoms with Crippen LogP contribution in [0.1, 0.15) is 29.7 Å². The van der Waals surface area contributed by atoms with Crippen LogP contribution in [0.4, 0.5) is 11.5 Å². The minimum atomic E-state index is -0.384. The number of carbonyl (C=O) groups is 1. The van der Waals surface area contributed by atoms with Gasteiger partial charge in [-0.1, -0.05) is 41.4 Å². The van der Waals surface area contributed by atoms with Crippen molar-refractivity contribution in [2.24, 2.45) is 0 Å². The molecule has 1 N–H and O–H groups in total. The Labute approximate surface area is 209 Å². The zero-order valence-electron chi connectivity index (χ0n) is 19.5. The second-order valence-electron chi connectivity index (χ2n) is 8.90. The first kappa shape index (κ1) is 22.8. The Kier molecular flexibility index (Phi) is 6.04.